The molecule has 1 saturated heterocycles. The molecule has 25 heavy (non-hydrogen) atoms. The molecule has 4 rings (SSSR count). The summed E-state index contributed by atoms with van der Waals surface area (Å²) >= 11 is 0. The van der Waals surface area contributed by atoms with Gasteiger partial charge in [0.1, 0.15) is 5.82 Å². The zero-order valence-corrected chi connectivity index (χ0v) is 13.6. The van der Waals surface area contributed by atoms with Crippen LogP contribution in [-0.4, -0.2) is 32.2 Å². The summed E-state index contributed by atoms with van der Waals surface area (Å²) in [5.74, 6) is -0.605. The van der Waals surface area contributed by atoms with E-state index in [-0.39, 0.29) is 11.7 Å². The number of carbonyl (C=O) groups is 1. The van der Waals surface area contributed by atoms with E-state index in [1.165, 1.54) is 12.1 Å². The average Bonchev–Trinajstić information content (AvgIpc) is 2.95. The molecule has 6 heteroatoms. The van der Waals surface area contributed by atoms with Gasteiger partial charge in [0, 0.05) is 30.5 Å². The largest absolute Gasteiger partial charge is 0.378 e. The van der Waals surface area contributed by atoms with Crippen molar-refractivity contribution in [2.24, 2.45) is 0 Å². The number of anilines is 3. The average molecular weight is 339 g/mol. The number of carbonyl (C=O) groups excluding carboxylic acids is 1. The maximum Gasteiger partial charge on any atom is 0.257 e. The van der Waals surface area contributed by atoms with Crippen LogP contribution in [0.1, 0.15) is 5.56 Å². The minimum absolute atomic E-state index is 0.239. The van der Waals surface area contributed by atoms with E-state index in [4.69, 9.17) is 4.74 Å². The maximum atomic E-state index is 13.5. The molecule has 2 aromatic carbocycles. The van der Waals surface area contributed by atoms with Crippen LogP contribution in [0.4, 0.5) is 21.5 Å². The number of ether oxygens (including phenoxy) is 1. The van der Waals surface area contributed by atoms with Gasteiger partial charge in [-0.2, -0.15) is 0 Å². The zero-order chi connectivity index (χ0) is 17.2. The lowest BCUT2D eigenvalue weighted by Gasteiger charge is -2.30. The third-order valence-electron chi connectivity index (χ3n) is 4.39. The third-order valence-corrected chi connectivity index (χ3v) is 4.39. The second-order valence-electron chi connectivity index (χ2n) is 5.96. The van der Waals surface area contributed by atoms with E-state index < -0.39 is 0 Å². The first-order valence-electron chi connectivity index (χ1n) is 8.22. The van der Waals surface area contributed by atoms with Crippen LogP contribution >= 0.6 is 0 Å². The van der Waals surface area contributed by atoms with Gasteiger partial charge >= 0.3 is 0 Å². The van der Waals surface area contributed by atoms with Gasteiger partial charge in [-0.3, -0.25) is 4.79 Å². The molecule has 0 atom stereocenters. The molecule has 0 aliphatic carbocycles. The molecule has 1 amide bonds. The molecule has 0 bridgehead atoms. The Bertz CT molecular complexity index is 844. The number of hydrogen-bond donors (Lipinski definition) is 2. The summed E-state index contributed by atoms with van der Waals surface area (Å²) in [6.07, 6.45) is 1.64. The van der Waals surface area contributed by atoms with Gasteiger partial charge in [0.25, 0.3) is 5.91 Å². The molecule has 0 unspecified atom stereocenters. The topological polar surface area (TPSA) is 53.6 Å². The Labute approximate surface area is 145 Å². The molecule has 0 spiro atoms. The Morgan fingerprint density at radius 1 is 1.16 bits per heavy atom. The van der Waals surface area contributed by atoms with Crippen molar-refractivity contribution in [1.82, 2.24) is 0 Å². The Balaban J connectivity index is 1.63. The standard InChI is InChI=1S/C19H18FN3O2/c20-13-5-6-16-14(11-13)15(19(24)22-16)12-21-17-3-1-2-4-18(17)23-7-9-25-10-8-23/h1-6,11-12,21H,7-10H2,(H,22,24). The highest BCUT2D eigenvalue weighted by Crippen LogP contribution is 2.33. The molecule has 5 nitrogen and oxygen atoms in total. The van der Waals surface area contributed by atoms with Crippen molar-refractivity contribution >= 4 is 28.5 Å². The number of rotatable bonds is 3. The van der Waals surface area contributed by atoms with Crippen molar-refractivity contribution < 1.29 is 13.9 Å². The first kappa shape index (κ1) is 15.7. The third kappa shape index (κ3) is 3.08. The van der Waals surface area contributed by atoms with Gasteiger partial charge in [0.2, 0.25) is 0 Å². The van der Waals surface area contributed by atoms with Gasteiger partial charge in [-0.15, -0.1) is 0 Å². The number of halogens is 1. The van der Waals surface area contributed by atoms with Gasteiger partial charge < -0.3 is 20.3 Å². The summed E-state index contributed by atoms with van der Waals surface area (Å²) < 4.78 is 18.9. The van der Waals surface area contributed by atoms with Crippen LogP contribution in [0.2, 0.25) is 0 Å². The number of benzene rings is 2. The second-order valence-corrected chi connectivity index (χ2v) is 5.96. The molecule has 1 fully saturated rings. The molecule has 2 N–H and O–H groups in total. The lowest BCUT2D eigenvalue weighted by atomic mass is 10.1. The zero-order valence-electron chi connectivity index (χ0n) is 13.6. The Morgan fingerprint density at radius 2 is 1.96 bits per heavy atom. The highest BCUT2D eigenvalue weighted by Gasteiger charge is 2.24. The summed E-state index contributed by atoms with van der Waals surface area (Å²) in [7, 11) is 0. The van der Waals surface area contributed by atoms with Crippen LogP contribution in [0.5, 0.6) is 0 Å². The number of fused-ring (bicyclic) bond motifs is 1. The fraction of sp³-hybridized carbons (Fsp3) is 0.211. The van der Waals surface area contributed by atoms with Crippen molar-refractivity contribution in [3.63, 3.8) is 0 Å². The summed E-state index contributed by atoms with van der Waals surface area (Å²) in [6, 6.07) is 12.2. The van der Waals surface area contributed by atoms with Crippen molar-refractivity contribution in [3.05, 3.63) is 60.0 Å². The normalized spacial score (nSPS) is 18.2. The summed E-state index contributed by atoms with van der Waals surface area (Å²) in [6.45, 7) is 3.04. The van der Waals surface area contributed by atoms with Gasteiger partial charge in [-0.25, -0.2) is 4.39 Å². The minimum atomic E-state index is -0.366. The summed E-state index contributed by atoms with van der Waals surface area (Å²) in [4.78, 5) is 14.4. The summed E-state index contributed by atoms with van der Waals surface area (Å²) in [5.41, 5.74) is 3.57. The lowest BCUT2D eigenvalue weighted by molar-refractivity contribution is -0.110. The van der Waals surface area contributed by atoms with E-state index in [2.05, 4.69) is 15.5 Å². The Morgan fingerprint density at radius 3 is 2.80 bits per heavy atom. The SMILES string of the molecule is O=C1Nc2ccc(F)cc2C1=CNc1ccccc1N1CCOCC1. The smallest absolute Gasteiger partial charge is 0.257 e. The van der Waals surface area contributed by atoms with Gasteiger partial charge in [0.05, 0.1) is 30.2 Å². The minimum Gasteiger partial charge on any atom is -0.378 e. The van der Waals surface area contributed by atoms with Crippen LogP contribution in [0.25, 0.3) is 5.57 Å². The molecule has 2 heterocycles. The second kappa shape index (κ2) is 6.57. The van der Waals surface area contributed by atoms with E-state index in [1.807, 2.05) is 24.3 Å². The molecule has 0 saturated carbocycles. The Kier molecular flexibility index (Phi) is 4.11. The molecular weight excluding hydrogens is 321 g/mol. The lowest BCUT2D eigenvalue weighted by Crippen LogP contribution is -2.36. The number of para-hydroxylation sites is 2. The fourth-order valence-corrected chi connectivity index (χ4v) is 3.13. The van der Waals surface area contributed by atoms with Crippen LogP contribution in [0, 0.1) is 5.82 Å². The predicted octanol–water partition coefficient (Wildman–Crippen LogP) is 3.07. The van der Waals surface area contributed by atoms with E-state index in [1.54, 1.807) is 12.3 Å². The highest BCUT2D eigenvalue weighted by molar-refractivity contribution is 6.31. The van der Waals surface area contributed by atoms with Gasteiger partial charge in [-0.05, 0) is 30.3 Å². The molecule has 0 radical (unpaired) electrons. The Hall–Kier alpha value is -2.86. The van der Waals surface area contributed by atoms with E-state index in [0.717, 1.165) is 24.5 Å². The fourth-order valence-electron chi connectivity index (χ4n) is 3.13. The monoisotopic (exact) mass is 339 g/mol. The number of hydrogen-bond acceptors (Lipinski definition) is 4. The first-order valence-corrected chi connectivity index (χ1v) is 8.22. The van der Waals surface area contributed by atoms with Crippen molar-refractivity contribution in [2.45, 2.75) is 0 Å². The van der Waals surface area contributed by atoms with Crippen molar-refractivity contribution in [1.29, 1.82) is 0 Å². The van der Waals surface area contributed by atoms with Crippen LogP contribution < -0.4 is 15.5 Å². The number of morpholine rings is 1. The molecule has 128 valence electrons. The number of amides is 1. The number of nitrogens with one attached hydrogen (secondary N) is 2. The van der Waals surface area contributed by atoms with Crippen LogP contribution in [0.15, 0.2) is 48.7 Å². The van der Waals surface area contributed by atoms with E-state index in [0.29, 0.717) is 30.0 Å². The first-order chi connectivity index (χ1) is 12.2. The van der Waals surface area contributed by atoms with E-state index in [9.17, 15) is 9.18 Å². The van der Waals surface area contributed by atoms with Gasteiger partial charge in [-0.1, -0.05) is 12.1 Å². The van der Waals surface area contributed by atoms with Gasteiger partial charge in [0.15, 0.2) is 0 Å². The molecule has 2 aliphatic heterocycles. The van der Waals surface area contributed by atoms with Crippen LogP contribution in [0.3, 0.4) is 0 Å². The van der Waals surface area contributed by atoms with E-state index >= 15 is 0 Å². The quantitative estimate of drug-likeness (QED) is 0.844. The molecule has 2 aromatic rings. The molecule has 2 aliphatic rings. The van der Waals surface area contributed by atoms with Crippen LogP contribution in [-0.2, 0) is 9.53 Å². The molecular formula is C19H18FN3O2. The summed E-state index contributed by atoms with van der Waals surface area (Å²) in [5, 5.41) is 5.96. The highest BCUT2D eigenvalue weighted by atomic mass is 19.1. The van der Waals surface area contributed by atoms with Crippen molar-refractivity contribution in [3.8, 4) is 0 Å². The number of nitrogens with zero attached hydrogens (tertiary/aromatic N) is 1. The maximum absolute atomic E-state index is 13.5. The predicted molar refractivity (Wildman–Crippen MR) is 96.1 cm³/mol. The molecule has 0 aromatic heterocycles. The van der Waals surface area contributed by atoms with Crippen molar-refractivity contribution in [2.75, 3.05) is 41.8 Å².